The van der Waals surface area contributed by atoms with Crippen LogP contribution in [-0.4, -0.2) is 9.97 Å². The summed E-state index contributed by atoms with van der Waals surface area (Å²) < 4.78 is 10.9. The quantitative estimate of drug-likeness (QED) is 0.591. The highest BCUT2D eigenvalue weighted by Gasteiger charge is 2.11. The number of aromatic nitrogens is 2. The molecule has 0 radical (unpaired) electrons. The van der Waals surface area contributed by atoms with Crippen LogP contribution in [0.25, 0.3) is 22.1 Å². The number of hydrogen-bond donors (Lipinski definition) is 1. The zero-order valence-electron chi connectivity index (χ0n) is 11.7. The van der Waals surface area contributed by atoms with Gasteiger partial charge in [-0.1, -0.05) is 0 Å². The van der Waals surface area contributed by atoms with E-state index in [4.69, 9.17) is 8.83 Å². The fraction of sp³-hybridized carbons (Fsp3) is 0.125. The summed E-state index contributed by atoms with van der Waals surface area (Å²) >= 11 is 0. The maximum atomic E-state index is 5.58. The minimum absolute atomic E-state index is 0.604. The molecule has 0 bridgehead atoms. The summed E-state index contributed by atoms with van der Waals surface area (Å²) in [4.78, 5) is 8.78. The minimum Gasteiger partial charge on any atom is -0.464 e. The lowest BCUT2D eigenvalue weighted by Crippen LogP contribution is -1.97. The molecule has 0 spiro atoms. The van der Waals surface area contributed by atoms with Crippen LogP contribution in [0, 0.1) is 13.8 Å². The van der Waals surface area contributed by atoms with Gasteiger partial charge in [0.25, 0.3) is 0 Å². The molecule has 0 aliphatic rings. The monoisotopic (exact) mass is 279 g/mol. The molecule has 1 N–H and O–H groups in total. The molecule has 5 heteroatoms. The summed E-state index contributed by atoms with van der Waals surface area (Å²) in [6.45, 7) is 3.75. The van der Waals surface area contributed by atoms with Crippen LogP contribution in [-0.2, 0) is 0 Å². The Morgan fingerprint density at radius 2 is 1.95 bits per heavy atom. The first-order chi connectivity index (χ1) is 10.2. The van der Waals surface area contributed by atoms with Gasteiger partial charge in [0.15, 0.2) is 0 Å². The van der Waals surface area contributed by atoms with Crippen molar-refractivity contribution in [1.82, 2.24) is 9.97 Å². The Kier molecular flexibility index (Phi) is 2.47. The first-order valence-electron chi connectivity index (χ1n) is 6.68. The van der Waals surface area contributed by atoms with Crippen molar-refractivity contribution < 1.29 is 8.83 Å². The number of anilines is 2. The number of benzene rings is 1. The first kappa shape index (κ1) is 12.0. The van der Waals surface area contributed by atoms with E-state index in [2.05, 4.69) is 15.3 Å². The molecule has 0 unspecified atom stereocenters. The molecule has 4 rings (SSSR count). The highest BCUT2D eigenvalue weighted by Crippen LogP contribution is 2.28. The van der Waals surface area contributed by atoms with Crippen molar-refractivity contribution in [3.63, 3.8) is 0 Å². The third-order valence-electron chi connectivity index (χ3n) is 3.34. The number of rotatable bonds is 2. The highest BCUT2D eigenvalue weighted by atomic mass is 16.3. The fourth-order valence-electron chi connectivity index (χ4n) is 2.43. The summed E-state index contributed by atoms with van der Waals surface area (Å²) in [7, 11) is 0. The Morgan fingerprint density at radius 1 is 1.05 bits per heavy atom. The lowest BCUT2D eigenvalue weighted by Gasteiger charge is -2.07. The van der Waals surface area contributed by atoms with Gasteiger partial charge in [-0.25, -0.2) is 4.98 Å². The largest absolute Gasteiger partial charge is 0.464 e. The number of hydrogen-bond acceptors (Lipinski definition) is 5. The molecule has 0 atom stereocenters. The molecule has 21 heavy (non-hydrogen) atoms. The van der Waals surface area contributed by atoms with Crippen LogP contribution in [0.3, 0.4) is 0 Å². The topological polar surface area (TPSA) is 64.1 Å². The maximum Gasteiger partial charge on any atom is 0.231 e. The second-order valence-electron chi connectivity index (χ2n) is 4.99. The Morgan fingerprint density at radius 3 is 2.86 bits per heavy atom. The maximum absolute atomic E-state index is 5.58. The summed E-state index contributed by atoms with van der Waals surface area (Å²) in [6, 6.07) is 9.79. The van der Waals surface area contributed by atoms with E-state index >= 15 is 0 Å². The molecule has 104 valence electrons. The SMILES string of the molecule is Cc1nc(Nc2ccc3occc3c2)c2cc(C)oc2n1. The normalized spacial score (nSPS) is 11.3. The summed E-state index contributed by atoms with van der Waals surface area (Å²) in [5.74, 6) is 2.24. The van der Waals surface area contributed by atoms with Gasteiger partial charge in [0, 0.05) is 11.1 Å². The van der Waals surface area contributed by atoms with Crippen molar-refractivity contribution in [2.75, 3.05) is 5.32 Å². The van der Waals surface area contributed by atoms with Gasteiger partial charge in [-0.15, -0.1) is 0 Å². The van der Waals surface area contributed by atoms with E-state index in [0.29, 0.717) is 11.5 Å². The molecule has 3 aromatic heterocycles. The second-order valence-corrected chi connectivity index (χ2v) is 4.99. The van der Waals surface area contributed by atoms with E-state index in [-0.39, 0.29) is 0 Å². The molecule has 1 aromatic carbocycles. The molecule has 0 amide bonds. The van der Waals surface area contributed by atoms with Crippen molar-refractivity contribution in [3.8, 4) is 0 Å². The zero-order chi connectivity index (χ0) is 14.4. The van der Waals surface area contributed by atoms with Gasteiger partial charge in [0.2, 0.25) is 5.71 Å². The average molecular weight is 279 g/mol. The van der Waals surface area contributed by atoms with Gasteiger partial charge in [0.1, 0.15) is 23.0 Å². The number of aryl methyl sites for hydroxylation is 2. The Balaban J connectivity index is 1.82. The predicted molar refractivity (Wildman–Crippen MR) is 80.8 cm³/mol. The average Bonchev–Trinajstić information content (AvgIpc) is 3.03. The highest BCUT2D eigenvalue weighted by molar-refractivity contribution is 5.90. The number of nitrogens with one attached hydrogen (secondary N) is 1. The van der Waals surface area contributed by atoms with Crippen molar-refractivity contribution in [2.24, 2.45) is 0 Å². The van der Waals surface area contributed by atoms with Gasteiger partial charge in [-0.05, 0) is 44.2 Å². The van der Waals surface area contributed by atoms with Crippen molar-refractivity contribution in [2.45, 2.75) is 13.8 Å². The molecular weight excluding hydrogens is 266 g/mol. The molecule has 3 heterocycles. The molecule has 0 aliphatic carbocycles. The molecule has 0 fully saturated rings. The van der Waals surface area contributed by atoms with Crippen LogP contribution in [0.1, 0.15) is 11.6 Å². The van der Waals surface area contributed by atoms with E-state index in [1.54, 1.807) is 6.26 Å². The molecule has 0 saturated carbocycles. The second kappa shape index (κ2) is 4.34. The van der Waals surface area contributed by atoms with Gasteiger partial charge >= 0.3 is 0 Å². The van der Waals surface area contributed by atoms with Crippen molar-refractivity contribution in [3.05, 3.63) is 48.2 Å². The van der Waals surface area contributed by atoms with Crippen LogP contribution in [0.15, 0.2) is 45.4 Å². The number of nitrogens with zero attached hydrogens (tertiary/aromatic N) is 2. The van der Waals surface area contributed by atoms with Crippen LogP contribution in [0.5, 0.6) is 0 Å². The van der Waals surface area contributed by atoms with Crippen LogP contribution in [0.4, 0.5) is 11.5 Å². The summed E-state index contributed by atoms with van der Waals surface area (Å²) in [5, 5.41) is 5.26. The molecule has 5 nitrogen and oxygen atoms in total. The minimum atomic E-state index is 0.604. The van der Waals surface area contributed by atoms with E-state index in [1.807, 2.05) is 44.2 Å². The Labute approximate surface area is 120 Å². The smallest absolute Gasteiger partial charge is 0.231 e. The Bertz CT molecular complexity index is 953. The van der Waals surface area contributed by atoms with Gasteiger partial charge in [0.05, 0.1) is 11.6 Å². The summed E-state index contributed by atoms with van der Waals surface area (Å²) in [5.41, 5.74) is 2.41. The molecule has 4 aromatic rings. The van der Waals surface area contributed by atoms with E-state index in [0.717, 1.165) is 33.6 Å². The zero-order valence-corrected chi connectivity index (χ0v) is 11.7. The van der Waals surface area contributed by atoms with Gasteiger partial charge < -0.3 is 14.2 Å². The van der Waals surface area contributed by atoms with Crippen molar-refractivity contribution >= 4 is 33.6 Å². The van der Waals surface area contributed by atoms with Crippen molar-refractivity contribution in [1.29, 1.82) is 0 Å². The summed E-state index contributed by atoms with van der Waals surface area (Å²) in [6.07, 6.45) is 1.68. The third kappa shape index (κ3) is 2.03. The predicted octanol–water partition coefficient (Wildman–Crippen LogP) is 4.33. The standard InChI is InChI=1S/C16H13N3O2/c1-9-7-13-15(17-10(2)18-16(13)21-9)19-12-3-4-14-11(8-12)5-6-20-14/h3-8H,1-2H3,(H,17,18,19). The number of furan rings is 2. The lowest BCUT2D eigenvalue weighted by atomic mass is 10.2. The van der Waals surface area contributed by atoms with E-state index in [9.17, 15) is 0 Å². The van der Waals surface area contributed by atoms with Crippen LogP contribution >= 0.6 is 0 Å². The fourth-order valence-corrected chi connectivity index (χ4v) is 2.43. The van der Waals surface area contributed by atoms with E-state index < -0.39 is 0 Å². The third-order valence-corrected chi connectivity index (χ3v) is 3.34. The lowest BCUT2D eigenvalue weighted by molar-refractivity contribution is 0.566. The molecule has 0 aliphatic heterocycles. The van der Waals surface area contributed by atoms with Gasteiger partial charge in [-0.2, -0.15) is 4.98 Å². The van der Waals surface area contributed by atoms with Crippen LogP contribution < -0.4 is 5.32 Å². The Hall–Kier alpha value is -2.82. The molecular formula is C16H13N3O2. The molecule has 0 saturated heterocycles. The van der Waals surface area contributed by atoms with Gasteiger partial charge in [-0.3, -0.25) is 0 Å². The number of fused-ring (bicyclic) bond motifs is 2. The van der Waals surface area contributed by atoms with Crippen LogP contribution in [0.2, 0.25) is 0 Å². The first-order valence-corrected chi connectivity index (χ1v) is 6.68. The van der Waals surface area contributed by atoms with E-state index in [1.165, 1.54) is 0 Å².